The molecular weight excluding hydrogens is 368 g/mol. The summed E-state index contributed by atoms with van der Waals surface area (Å²) < 4.78 is 17.0. The van der Waals surface area contributed by atoms with E-state index in [4.69, 9.17) is 14.2 Å². The summed E-state index contributed by atoms with van der Waals surface area (Å²) in [6.45, 7) is 7.36. The van der Waals surface area contributed by atoms with Crippen molar-refractivity contribution >= 4 is 11.4 Å². The number of rotatable bonds is 5. The van der Waals surface area contributed by atoms with E-state index in [0.29, 0.717) is 28.0 Å². The highest BCUT2D eigenvalue weighted by Crippen LogP contribution is 2.36. The van der Waals surface area contributed by atoms with Crippen molar-refractivity contribution in [3.8, 4) is 5.75 Å². The van der Waals surface area contributed by atoms with E-state index in [1.165, 1.54) is 24.3 Å². The molecule has 1 heterocycles. The van der Waals surface area contributed by atoms with E-state index in [9.17, 15) is 20.2 Å². The minimum Gasteiger partial charge on any atom is -0.460 e. The number of aryl methyl sites for hydroxylation is 2. The Balaban J connectivity index is 1.81. The molecule has 1 aliphatic rings. The van der Waals surface area contributed by atoms with Crippen LogP contribution in [0.3, 0.4) is 0 Å². The van der Waals surface area contributed by atoms with Crippen LogP contribution in [0.2, 0.25) is 0 Å². The molecule has 0 aliphatic carbocycles. The molecule has 1 fully saturated rings. The maximum absolute atomic E-state index is 11.0. The number of ether oxygens (including phenoxy) is 3. The van der Waals surface area contributed by atoms with E-state index in [1.54, 1.807) is 26.0 Å². The molecule has 0 radical (unpaired) electrons. The Morgan fingerprint density at radius 2 is 1.57 bits per heavy atom. The minimum absolute atomic E-state index is 0.0159. The summed E-state index contributed by atoms with van der Waals surface area (Å²) >= 11 is 0. The monoisotopic (exact) mass is 386 g/mol. The maximum Gasteiger partial charge on any atom is 0.270 e. The first-order valence-electron chi connectivity index (χ1n) is 8.36. The molecule has 3 rings (SSSR count). The molecule has 2 aromatic rings. The Kier molecular flexibility index (Phi) is 5.39. The van der Waals surface area contributed by atoms with Crippen LogP contribution in [-0.2, 0) is 9.47 Å². The predicted octanol–water partition coefficient (Wildman–Crippen LogP) is 4.13. The molecule has 1 saturated heterocycles. The Hall–Kier alpha value is -3.30. The Morgan fingerprint density at radius 3 is 2.11 bits per heavy atom. The fourth-order valence-corrected chi connectivity index (χ4v) is 3.02. The molecule has 0 amide bonds. The molecule has 146 valence electrons. The highest BCUT2D eigenvalue weighted by Gasteiger charge is 2.31. The zero-order chi connectivity index (χ0) is 20.4. The third-order valence-corrected chi connectivity index (χ3v) is 4.38. The lowest BCUT2D eigenvalue weighted by molar-refractivity contribution is -0.385. The summed E-state index contributed by atoms with van der Waals surface area (Å²) in [4.78, 5) is 20.9. The van der Waals surface area contributed by atoms with Crippen LogP contribution in [0, 0.1) is 34.1 Å². The summed E-state index contributed by atoms with van der Waals surface area (Å²) in [7, 11) is 0. The largest absolute Gasteiger partial charge is 0.460 e. The quantitative estimate of drug-likeness (QED) is 0.431. The summed E-state index contributed by atoms with van der Waals surface area (Å²) in [5.74, 6) is 0.473. The van der Waals surface area contributed by atoms with Gasteiger partial charge < -0.3 is 14.2 Å². The third kappa shape index (κ3) is 3.85. The summed E-state index contributed by atoms with van der Waals surface area (Å²) in [5.41, 5.74) is 2.33. The molecule has 0 bridgehead atoms. The SMILES string of the molecule is C=C1[C@H](Oc2c(C)cc([N+](=O)[O-])cc2C)OCO[C@@H]1c1ccc([N+](=O)[O-])cc1. The van der Waals surface area contributed by atoms with Crippen molar-refractivity contribution in [2.24, 2.45) is 0 Å². The summed E-state index contributed by atoms with van der Waals surface area (Å²) in [6, 6.07) is 8.83. The highest BCUT2D eigenvalue weighted by molar-refractivity contribution is 5.49. The van der Waals surface area contributed by atoms with E-state index < -0.39 is 22.2 Å². The van der Waals surface area contributed by atoms with Crippen LogP contribution in [0.1, 0.15) is 22.8 Å². The van der Waals surface area contributed by atoms with Gasteiger partial charge in [-0.2, -0.15) is 0 Å². The average Bonchev–Trinajstić information content (AvgIpc) is 2.65. The average molecular weight is 386 g/mol. The second kappa shape index (κ2) is 7.75. The molecule has 0 saturated carbocycles. The van der Waals surface area contributed by atoms with Gasteiger partial charge in [0.25, 0.3) is 11.4 Å². The van der Waals surface area contributed by atoms with E-state index in [0.717, 1.165) is 0 Å². The molecule has 0 aromatic heterocycles. The Labute approximate surface area is 160 Å². The van der Waals surface area contributed by atoms with Crippen LogP contribution in [0.5, 0.6) is 5.75 Å². The van der Waals surface area contributed by atoms with E-state index >= 15 is 0 Å². The highest BCUT2D eigenvalue weighted by atomic mass is 16.8. The molecule has 0 N–H and O–H groups in total. The van der Waals surface area contributed by atoms with Crippen LogP contribution < -0.4 is 4.74 Å². The van der Waals surface area contributed by atoms with Crippen molar-refractivity contribution in [2.75, 3.05) is 6.79 Å². The van der Waals surface area contributed by atoms with E-state index in [2.05, 4.69) is 6.58 Å². The third-order valence-electron chi connectivity index (χ3n) is 4.38. The molecule has 0 unspecified atom stereocenters. The zero-order valence-electron chi connectivity index (χ0n) is 15.3. The molecule has 28 heavy (non-hydrogen) atoms. The molecule has 2 aromatic carbocycles. The number of nitro groups is 2. The van der Waals surface area contributed by atoms with Crippen molar-refractivity contribution in [1.29, 1.82) is 0 Å². The normalized spacial score (nSPS) is 19.3. The van der Waals surface area contributed by atoms with Gasteiger partial charge >= 0.3 is 0 Å². The predicted molar refractivity (Wildman–Crippen MR) is 99.0 cm³/mol. The van der Waals surface area contributed by atoms with Crippen LogP contribution >= 0.6 is 0 Å². The number of hydrogen-bond donors (Lipinski definition) is 0. The smallest absolute Gasteiger partial charge is 0.270 e. The Bertz CT molecular complexity index is 917. The van der Waals surface area contributed by atoms with Gasteiger partial charge in [-0.05, 0) is 42.7 Å². The van der Waals surface area contributed by atoms with E-state index in [1.807, 2.05) is 0 Å². The summed E-state index contributed by atoms with van der Waals surface area (Å²) in [6.07, 6.45) is -1.38. The molecular formula is C19H18N2O7. The number of non-ortho nitro benzene ring substituents is 2. The van der Waals surface area contributed by atoms with Gasteiger partial charge in [0.1, 0.15) is 11.9 Å². The fraction of sp³-hybridized carbons (Fsp3) is 0.263. The maximum atomic E-state index is 11.0. The lowest BCUT2D eigenvalue weighted by Crippen LogP contribution is -2.33. The van der Waals surface area contributed by atoms with Gasteiger partial charge in [0.2, 0.25) is 6.29 Å². The van der Waals surface area contributed by atoms with Crippen LogP contribution in [-0.4, -0.2) is 22.9 Å². The topological polar surface area (TPSA) is 114 Å². The molecule has 9 heteroatoms. The van der Waals surface area contributed by atoms with Crippen molar-refractivity contribution in [2.45, 2.75) is 26.2 Å². The molecule has 0 spiro atoms. The number of nitrogens with zero attached hydrogens (tertiary/aromatic N) is 2. The fourth-order valence-electron chi connectivity index (χ4n) is 3.02. The van der Waals surface area contributed by atoms with Gasteiger partial charge in [0.05, 0.1) is 9.85 Å². The minimum atomic E-state index is -0.826. The first-order chi connectivity index (χ1) is 13.3. The van der Waals surface area contributed by atoms with Gasteiger partial charge in [-0.15, -0.1) is 0 Å². The number of hydrogen-bond acceptors (Lipinski definition) is 7. The zero-order valence-corrected chi connectivity index (χ0v) is 15.3. The van der Waals surface area contributed by atoms with Gasteiger partial charge in [-0.3, -0.25) is 20.2 Å². The first-order valence-corrected chi connectivity index (χ1v) is 8.36. The van der Waals surface area contributed by atoms with Gasteiger partial charge in [-0.25, -0.2) is 0 Å². The first kappa shape index (κ1) is 19.5. The van der Waals surface area contributed by atoms with Crippen molar-refractivity contribution < 1.29 is 24.1 Å². The van der Waals surface area contributed by atoms with Crippen molar-refractivity contribution in [3.63, 3.8) is 0 Å². The summed E-state index contributed by atoms with van der Waals surface area (Å²) in [5, 5.41) is 21.8. The molecule has 2 atom stereocenters. The Morgan fingerprint density at radius 1 is 1.00 bits per heavy atom. The van der Waals surface area contributed by atoms with Crippen molar-refractivity contribution in [3.05, 3.63) is 85.5 Å². The van der Waals surface area contributed by atoms with Crippen LogP contribution in [0.15, 0.2) is 48.6 Å². The van der Waals surface area contributed by atoms with E-state index in [-0.39, 0.29) is 18.2 Å². The second-order valence-corrected chi connectivity index (χ2v) is 6.37. The second-order valence-electron chi connectivity index (χ2n) is 6.37. The standard InChI is InChI=1S/C19H18N2O7/c1-11-8-16(21(24)25)9-12(2)17(11)28-19-13(3)18(26-10-27-19)14-4-6-15(7-5-14)20(22)23/h4-9,18-19H,3,10H2,1-2H3/t18-,19-/m0/s1. The number of benzene rings is 2. The van der Waals surface area contributed by atoms with Crippen molar-refractivity contribution in [1.82, 2.24) is 0 Å². The lowest BCUT2D eigenvalue weighted by atomic mass is 10.0. The van der Waals surface area contributed by atoms with Gasteiger partial charge in [-0.1, -0.05) is 6.58 Å². The molecule has 1 aliphatic heterocycles. The molecule has 9 nitrogen and oxygen atoms in total. The van der Waals surface area contributed by atoms with Gasteiger partial charge in [0.15, 0.2) is 6.79 Å². The van der Waals surface area contributed by atoms with Crippen LogP contribution in [0.25, 0.3) is 0 Å². The lowest BCUT2D eigenvalue weighted by Gasteiger charge is -2.33. The number of nitro benzene ring substituents is 2. The van der Waals surface area contributed by atoms with Gasteiger partial charge in [0, 0.05) is 29.8 Å². The van der Waals surface area contributed by atoms with Crippen LogP contribution in [0.4, 0.5) is 11.4 Å².